The second-order valence-electron chi connectivity index (χ2n) is 8.46. The molecule has 196 valence electrons. The van der Waals surface area contributed by atoms with Crippen molar-refractivity contribution in [3.63, 3.8) is 0 Å². The lowest BCUT2D eigenvalue weighted by atomic mass is 10.2. The molecule has 0 unspecified atom stereocenters. The number of carbonyl (C=O) groups is 1. The number of hydrogen-bond acceptors (Lipinski definition) is 8. The van der Waals surface area contributed by atoms with Gasteiger partial charge in [-0.1, -0.05) is 12.1 Å². The second kappa shape index (κ2) is 12.3. The summed E-state index contributed by atoms with van der Waals surface area (Å²) in [6.07, 6.45) is 1.84. The molecule has 2 aliphatic rings. The number of morpholine rings is 1. The summed E-state index contributed by atoms with van der Waals surface area (Å²) in [6, 6.07) is 10.4. The van der Waals surface area contributed by atoms with E-state index in [0.29, 0.717) is 54.1 Å². The number of nitrogens with zero attached hydrogens (tertiary/aromatic N) is 1. The van der Waals surface area contributed by atoms with E-state index in [4.69, 9.17) is 18.9 Å². The largest absolute Gasteiger partial charge is 0.493 e. The Labute approximate surface area is 216 Å². The lowest BCUT2D eigenvalue weighted by Crippen LogP contribution is -2.40. The number of amides is 1. The molecule has 1 atom stereocenters. The topological polar surface area (TPSA) is 103 Å². The van der Waals surface area contributed by atoms with E-state index < -0.39 is 10.0 Å². The van der Waals surface area contributed by atoms with E-state index >= 15 is 0 Å². The van der Waals surface area contributed by atoms with Crippen molar-refractivity contribution in [1.29, 1.82) is 0 Å². The minimum atomic E-state index is -3.75. The van der Waals surface area contributed by atoms with E-state index in [1.165, 1.54) is 22.1 Å². The van der Waals surface area contributed by atoms with Crippen LogP contribution in [-0.4, -0.2) is 78.4 Å². The maximum absolute atomic E-state index is 13.3. The van der Waals surface area contributed by atoms with Crippen molar-refractivity contribution in [3.05, 3.63) is 47.5 Å². The average Bonchev–Trinajstić information content (AvgIpc) is 3.44. The number of nitrogens with one attached hydrogen (secondary N) is 1. The minimum absolute atomic E-state index is 0.0219. The Morgan fingerprint density at radius 2 is 1.94 bits per heavy atom. The van der Waals surface area contributed by atoms with Crippen LogP contribution in [0.3, 0.4) is 0 Å². The highest BCUT2D eigenvalue weighted by Gasteiger charge is 2.28. The molecule has 0 saturated carbocycles. The van der Waals surface area contributed by atoms with Crippen LogP contribution >= 0.6 is 11.8 Å². The summed E-state index contributed by atoms with van der Waals surface area (Å²) < 4.78 is 49.7. The van der Waals surface area contributed by atoms with Crippen LogP contribution in [0.2, 0.25) is 0 Å². The number of hydrogen-bond donors (Lipinski definition) is 1. The first-order valence-corrected chi connectivity index (χ1v) is 14.3. The first kappa shape index (κ1) is 26.7. The zero-order valence-electron chi connectivity index (χ0n) is 20.5. The van der Waals surface area contributed by atoms with Gasteiger partial charge in [0.15, 0.2) is 11.5 Å². The molecule has 2 aliphatic heterocycles. The quantitative estimate of drug-likeness (QED) is 0.463. The summed E-state index contributed by atoms with van der Waals surface area (Å²) in [4.78, 5) is 14.0. The van der Waals surface area contributed by atoms with Gasteiger partial charge in [0.1, 0.15) is 0 Å². The maximum Gasteiger partial charge on any atom is 0.252 e. The lowest BCUT2D eigenvalue weighted by molar-refractivity contribution is 0.0730. The molecule has 2 aromatic rings. The summed E-state index contributed by atoms with van der Waals surface area (Å²) in [5.41, 5.74) is 1.21. The van der Waals surface area contributed by atoms with E-state index in [0.717, 1.165) is 18.4 Å². The van der Waals surface area contributed by atoms with Crippen molar-refractivity contribution in [2.24, 2.45) is 0 Å². The number of ether oxygens (including phenoxy) is 4. The fourth-order valence-electron chi connectivity index (χ4n) is 4.24. The fraction of sp³-hybridized carbons (Fsp3) is 0.480. The van der Waals surface area contributed by atoms with Crippen LogP contribution in [0.5, 0.6) is 11.5 Å². The van der Waals surface area contributed by atoms with Crippen molar-refractivity contribution in [2.45, 2.75) is 34.5 Å². The van der Waals surface area contributed by atoms with Crippen molar-refractivity contribution < 1.29 is 32.2 Å². The molecule has 0 aromatic heterocycles. The van der Waals surface area contributed by atoms with E-state index in [2.05, 4.69) is 5.32 Å². The van der Waals surface area contributed by atoms with Crippen molar-refractivity contribution in [1.82, 2.24) is 9.62 Å². The first-order chi connectivity index (χ1) is 17.4. The van der Waals surface area contributed by atoms with Crippen LogP contribution in [0, 0.1) is 0 Å². The Morgan fingerprint density at radius 1 is 1.14 bits per heavy atom. The molecule has 2 fully saturated rings. The van der Waals surface area contributed by atoms with Crippen LogP contribution in [0.4, 0.5) is 0 Å². The summed E-state index contributed by atoms with van der Waals surface area (Å²) in [6.45, 7) is 2.35. The van der Waals surface area contributed by atoms with Crippen LogP contribution in [0.25, 0.3) is 0 Å². The van der Waals surface area contributed by atoms with Gasteiger partial charge in [-0.3, -0.25) is 4.79 Å². The molecule has 2 heterocycles. The Morgan fingerprint density at radius 3 is 2.64 bits per heavy atom. The molecular formula is C25H32N2O7S2. The van der Waals surface area contributed by atoms with E-state index in [1.54, 1.807) is 26.4 Å². The van der Waals surface area contributed by atoms with Crippen LogP contribution < -0.4 is 14.8 Å². The van der Waals surface area contributed by atoms with Crippen LogP contribution in [0.1, 0.15) is 28.8 Å². The number of methoxy groups -OCH3 is 2. The zero-order chi connectivity index (χ0) is 25.5. The number of rotatable bonds is 10. The molecule has 0 radical (unpaired) electrons. The van der Waals surface area contributed by atoms with Crippen molar-refractivity contribution in [2.75, 3.05) is 53.7 Å². The molecule has 9 nitrogen and oxygen atoms in total. The summed E-state index contributed by atoms with van der Waals surface area (Å²) in [5.74, 6) is 1.42. The molecular weight excluding hydrogens is 504 g/mol. The first-order valence-electron chi connectivity index (χ1n) is 11.9. The number of benzene rings is 2. The van der Waals surface area contributed by atoms with Gasteiger partial charge in [-0.2, -0.15) is 4.31 Å². The highest BCUT2D eigenvalue weighted by Crippen LogP contribution is 2.36. The molecule has 36 heavy (non-hydrogen) atoms. The SMILES string of the molecule is COc1cccc(CSc2ccc(S(=O)(=O)N3CCOCC3)cc2C(=O)NC[C@@H]2CCCO2)c1OC. The smallest absolute Gasteiger partial charge is 0.252 e. The third-order valence-corrected chi connectivity index (χ3v) is 9.20. The molecule has 1 N–H and O–H groups in total. The molecule has 2 saturated heterocycles. The normalized spacial score (nSPS) is 18.7. The highest BCUT2D eigenvalue weighted by molar-refractivity contribution is 7.98. The van der Waals surface area contributed by atoms with Gasteiger partial charge in [-0.05, 0) is 37.1 Å². The van der Waals surface area contributed by atoms with Crippen LogP contribution in [0.15, 0.2) is 46.2 Å². The van der Waals surface area contributed by atoms with E-state index in [1.807, 2.05) is 18.2 Å². The monoisotopic (exact) mass is 536 g/mol. The van der Waals surface area contributed by atoms with Gasteiger partial charge >= 0.3 is 0 Å². The molecule has 11 heteroatoms. The van der Waals surface area contributed by atoms with Gasteiger partial charge in [0.2, 0.25) is 10.0 Å². The average molecular weight is 537 g/mol. The van der Waals surface area contributed by atoms with Gasteiger partial charge in [0.05, 0.1) is 44.0 Å². The van der Waals surface area contributed by atoms with E-state index in [9.17, 15) is 13.2 Å². The van der Waals surface area contributed by atoms with Crippen molar-refractivity contribution >= 4 is 27.7 Å². The Kier molecular flexibility index (Phi) is 9.13. The van der Waals surface area contributed by atoms with Gasteiger partial charge in [-0.15, -0.1) is 11.8 Å². The zero-order valence-corrected chi connectivity index (χ0v) is 22.2. The number of para-hydroxylation sites is 1. The molecule has 4 rings (SSSR count). The molecule has 0 bridgehead atoms. The summed E-state index contributed by atoms with van der Waals surface area (Å²) in [5, 5.41) is 2.93. The predicted octanol–water partition coefficient (Wildman–Crippen LogP) is 2.93. The lowest BCUT2D eigenvalue weighted by Gasteiger charge is -2.26. The molecule has 2 aromatic carbocycles. The van der Waals surface area contributed by atoms with Crippen LogP contribution in [-0.2, 0) is 25.2 Å². The third-order valence-electron chi connectivity index (χ3n) is 6.19. The van der Waals surface area contributed by atoms with Crippen molar-refractivity contribution in [3.8, 4) is 11.5 Å². The molecule has 0 spiro atoms. The van der Waals surface area contributed by atoms with Gasteiger partial charge in [-0.25, -0.2) is 8.42 Å². The number of carbonyl (C=O) groups excluding carboxylic acids is 1. The highest BCUT2D eigenvalue weighted by atomic mass is 32.2. The van der Waals surface area contributed by atoms with Gasteiger partial charge in [0, 0.05) is 42.5 Å². The minimum Gasteiger partial charge on any atom is -0.493 e. The number of thioether (sulfide) groups is 1. The third kappa shape index (κ3) is 6.15. The van der Waals surface area contributed by atoms with Gasteiger partial charge in [0.25, 0.3) is 5.91 Å². The Hall–Kier alpha value is -2.31. The Balaban J connectivity index is 1.60. The fourth-order valence-corrected chi connectivity index (χ4v) is 6.68. The summed E-state index contributed by atoms with van der Waals surface area (Å²) in [7, 11) is -0.582. The summed E-state index contributed by atoms with van der Waals surface area (Å²) >= 11 is 1.43. The van der Waals surface area contributed by atoms with Gasteiger partial charge < -0.3 is 24.3 Å². The maximum atomic E-state index is 13.3. The predicted molar refractivity (Wildman–Crippen MR) is 136 cm³/mol. The standard InChI is InChI=1S/C25H32N2O7S2/c1-31-22-7-3-5-18(24(22)32-2)17-35-23-9-8-20(36(29,30)27-10-13-33-14-11-27)15-21(23)25(28)26-16-19-6-4-12-34-19/h3,5,7-9,15,19H,4,6,10-14,16-17H2,1-2H3,(H,26,28)/t19-/m0/s1. The number of sulfonamides is 1. The Bertz CT molecular complexity index is 1160. The second-order valence-corrected chi connectivity index (χ2v) is 11.4. The molecule has 1 amide bonds. The molecule has 0 aliphatic carbocycles. The van der Waals surface area contributed by atoms with E-state index in [-0.39, 0.29) is 30.0 Å².